The second kappa shape index (κ2) is 4.53. The molecule has 0 bridgehead atoms. The lowest BCUT2D eigenvalue weighted by atomic mass is 9.75. The summed E-state index contributed by atoms with van der Waals surface area (Å²) >= 11 is 0. The maximum Gasteiger partial charge on any atom is 0.242 e. The first kappa shape index (κ1) is 13.8. The maximum absolute atomic E-state index is 12.2. The van der Waals surface area contributed by atoms with Crippen molar-refractivity contribution in [2.45, 2.75) is 51.5 Å². The van der Waals surface area contributed by atoms with E-state index < -0.39 is 5.54 Å². The van der Waals surface area contributed by atoms with Crippen molar-refractivity contribution >= 4 is 18.3 Å². The molecule has 0 atom stereocenters. The van der Waals surface area contributed by atoms with Gasteiger partial charge in [0, 0.05) is 13.1 Å². The van der Waals surface area contributed by atoms with Crippen molar-refractivity contribution in [1.29, 1.82) is 0 Å². The van der Waals surface area contributed by atoms with Crippen molar-refractivity contribution in [2.75, 3.05) is 13.1 Å². The first-order valence-corrected chi connectivity index (χ1v) is 6.01. The summed E-state index contributed by atoms with van der Waals surface area (Å²) in [4.78, 5) is 14.2. The summed E-state index contributed by atoms with van der Waals surface area (Å²) in [6.45, 7) is 6.25. The van der Waals surface area contributed by atoms with Crippen LogP contribution < -0.4 is 5.73 Å². The Morgan fingerprint density at radius 1 is 1.19 bits per heavy atom. The number of carbonyl (C=O) groups excluding carboxylic acids is 1. The van der Waals surface area contributed by atoms with Gasteiger partial charge in [-0.1, -0.05) is 13.8 Å². The first-order valence-electron chi connectivity index (χ1n) is 6.01. The van der Waals surface area contributed by atoms with Crippen LogP contribution in [0.3, 0.4) is 0 Å². The largest absolute Gasteiger partial charge is 0.341 e. The van der Waals surface area contributed by atoms with Crippen LogP contribution in [0.15, 0.2) is 0 Å². The Kier molecular flexibility index (Phi) is 3.91. The van der Waals surface area contributed by atoms with E-state index in [0.29, 0.717) is 0 Å². The van der Waals surface area contributed by atoms with E-state index in [4.69, 9.17) is 5.73 Å². The Morgan fingerprint density at radius 2 is 1.81 bits per heavy atom. The summed E-state index contributed by atoms with van der Waals surface area (Å²) in [6, 6.07) is 0. The van der Waals surface area contributed by atoms with Gasteiger partial charge in [0.05, 0.1) is 5.54 Å². The molecule has 0 radical (unpaired) electrons. The number of hydrogen-bond donors (Lipinski definition) is 1. The van der Waals surface area contributed by atoms with Crippen LogP contribution >= 0.6 is 12.4 Å². The summed E-state index contributed by atoms with van der Waals surface area (Å²) < 4.78 is 0. The molecular formula is C12H23ClN2O. The van der Waals surface area contributed by atoms with Gasteiger partial charge in [-0.25, -0.2) is 0 Å². The smallest absolute Gasteiger partial charge is 0.242 e. The van der Waals surface area contributed by atoms with Gasteiger partial charge >= 0.3 is 0 Å². The molecule has 0 aromatic heterocycles. The molecule has 0 aromatic rings. The number of rotatable bonds is 1. The monoisotopic (exact) mass is 246 g/mol. The van der Waals surface area contributed by atoms with Crippen LogP contribution in [0.25, 0.3) is 0 Å². The van der Waals surface area contributed by atoms with Crippen LogP contribution in [-0.4, -0.2) is 29.4 Å². The molecule has 2 rings (SSSR count). The molecule has 1 aliphatic carbocycles. The zero-order valence-corrected chi connectivity index (χ0v) is 11.1. The lowest BCUT2D eigenvalue weighted by Gasteiger charge is -2.45. The Morgan fingerprint density at radius 3 is 2.25 bits per heavy atom. The van der Waals surface area contributed by atoms with Crippen LogP contribution in [-0.2, 0) is 4.79 Å². The third-order valence-electron chi connectivity index (χ3n) is 3.86. The third-order valence-corrected chi connectivity index (χ3v) is 3.86. The lowest BCUT2D eigenvalue weighted by Crippen LogP contribution is -2.61. The molecule has 1 saturated heterocycles. The molecular weight excluding hydrogens is 224 g/mol. The van der Waals surface area contributed by atoms with Crippen LogP contribution in [0.2, 0.25) is 0 Å². The first-order chi connectivity index (χ1) is 6.93. The summed E-state index contributed by atoms with van der Waals surface area (Å²) in [5, 5.41) is 0. The Labute approximate surface area is 104 Å². The number of nitrogens with two attached hydrogens (primary N) is 1. The molecule has 1 aliphatic heterocycles. The second-order valence-corrected chi connectivity index (χ2v) is 6.00. The zero-order chi connectivity index (χ0) is 11.1. The lowest BCUT2D eigenvalue weighted by molar-refractivity contribution is -0.143. The molecule has 0 aromatic carbocycles. The van der Waals surface area contributed by atoms with E-state index in [2.05, 4.69) is 13.8 Å². The van der Waals surface area contributed by atoms with Gasteiger partial charge in [-0.05, 0) is 37.5 Å². The molecule has 2 N–H and O–H groups in total. The molecule has 0 unspecified atom stereocenters. The van der Waals surface area contributed by atoms with Crippen molar-refractivity contribution in [3.05, 3.63) is 0 Å². The minimum Gasteiger partial charge on any atom is -0.341 e. The minimum atomic E-state index is -0.507. The quantitative estimate of drug-likeness (QED) is 0.769. The number of nitrogens with zero attached hydrogens (tertiary/aromatic N) is 1. The van der Waals surface area contributed by atoms with Crippen molar-refractivity contribution in [3.8, 4) is 0 Å². The molecule has 1 amide bonds. The minimum absolute atomic E-state index is 0. The Balaban J connectivity index is 0.00000128. The number of halogens is 1. The summed E-state index contributed by atoms with van der Waals surface area (Å²) in [6.07, 6.45) is 5.20. The number of likely N-dealkylation sites (tertiary alicyclic amines) is 1. The number of piperidine rings is 1. The maximum atomic E-state index is 12.2. The normalized spacial score (nSPS) is 26.6. The van der Waals surface area contributed by atoms with Crippen molar-refractivity contribution in [3.63, 3.8) is 0 Å². The molecule has 0 spiro atoms. The van der Waals surface area contributed by atoms with Gasteiger partial charge in [0.25, 0.3) is 0 Å². The number of hydrogen-bond acceptors (Lipinski definition) is 2. The van der Waals surface area contributed by atoms with Gasteiger partial charge in [-0.2, -0.15) is 0 Å². The van der Waals surface area contributed by atoms with Gasteiger partial charge in [-0.15, -0.1) is 12.4 Å². The van der Waals surface area contributed by atoms with Gasteiger partial charge in [0.2, 0.25) is 5.91 Å². The van der Waals surface area contributed by atoms with Crippen LogP contribution in [0.4, 0.5) is 0 Å². The van der Waals surface area contributed by atoms with E-state index in [0.717, 1.165) is 38.8 Å². The molecule has 16 heavy (non-hydrogen) atoms. The fraction of sp³-hybridized carbons (Fsp3) is 0.917. The summed E-state index contributed by atoms with van der Waals surface area (Å²) in [5.41, 5.74) is 5.84. The molecule has 2 aliphatic rings. The third kappa shape index (κ3) is 2.51. The van der Waals surface area contributed by atoms with E-state index in [1.54, 1.807) is 0 Å². The predicted molar refractivity (Wildman–Crippen MR) is 67.6 cm³/mol. The van der Waals surface area contributed by atoms with Crippen molar-refractivity contribution < 1.29 is 4.79 Å². The van der Waals surface area contributed by atoms with E-state index in [9.17, 15) is 4.79 Å². The fourth-order valence-corrected chi connectivity index (χ4v) is 2.68. The second-order valence-electron chi connectivity index (χ2n) is 6.00. The highest BCUT2D eigenvalue weighted by Gasteiger charge is 2.44. The van der Waals surface area contributed by atoms with Gasteiger partial charge in [0.15, 0.2) is 0 Å². The molecule has 1 saturated carbocycles. The highest BCUT2D eigenvalue weighted by molar-refractivity contribution is 5.87. The zero-order valence-electron chi connectivity index (χ0n) is 10.3. The number of carbonyl (C=O) groups is 1. The Hall–Kier alpha value is -0.280. The molecule has 4 heteroatoms. The molecule has 2 fully saturated rings. The van der Waals surface area contributed by atoms with E-state index in [1.165, 1.54) is 6.42 Å². The summed E-state index contributed by atoms with van der Waals surface area (Å²) in [7, 11) is 0. The topological polar surface area (TPSA) is 46.3 Å². The van der Waals surface area contributed by atoms with Crippen LogP contribution in [0.1, 0.15) is 46.0 Å². The average Bonchev–Trinajstić information content (AvgIpc) is 2.11. The standard InChI is InChI=1S/C12H22N2O.ClH/c1-11(2)5-4-8-14(9-11)10(15)12(13)6-3-7-12;/h3-9,13H2,1-2H3;1H. The van der Waals surface area contributed by atoms with Gasteiger partial charge in [-0.3, -0.25) is 4.79 Å². The van der Waals surface area contributed by atoms with Crippen LogP contribution in [0, 0.1) is 5.41 Å². The molecule has 94 valence electrons. The van der Waals surface area contributed by atoms with E-state index >= 15 is 0 Å². The fourth-order valence-electron chi connectivity index (χ4n) is 2.68. The average molecular weight is 247 g/mol. The van der Waals surface area contributed by atoms with Gasteiger partial charge < -0.3 is 10.6 Å². The predicted octanol–water partition coefficient (Wildman–Crippen LogP) is 1.94. The number of amides is 1. The molecule has 1 heterocycles. The molecule has 3 nitrogen and oxygen atoms in total. The van der Waals surface area contributed by atoms with E-state index in [-0.39, 0.29) is 23.7 Å². The highest BCUT2D eigenvalue weighted by Crippen LogP contribution is 2.34. The SMILES string of the molecule is CC1(C)CCCN(C(=O)C2(N)CCC2)C1.Cl. The van der Waals surface area contributed by atoms with Crippen LogP contribution in [0.5, 0.6) is 0 Å². The van der Waals surface area contributed by atoms with Gasteiger partial charge in [0.1, 0.15) is 0 Å². The Bertz CT molecular complexity index is 274. The highest BCUT2D eigenvalue weighted by atomic mass is 35.5. The van der Waals surface area contributed by atoms with Crippen molar-refractivity contribution in [1.82, 2.24) is 4.90 Å². The van der Waals surface area contributed by atoms with E-state index in [1.807, 2.05) is 4.90 Å². The summed E-state index contributed by atoms with van der Waals surface area (Å²) in [5.74, 6) is 0.196. The van der Waals surface area contributed by atoms with Crippen molar-refractivity contribution in [2.24, 2.45) is 11.1 Å².